The number of benzene rings is 3. The number of ether oxygens (including phenoxy) is 1. The molecule has 2 N–H and O–H groups in total. The van der Waals surface area contributed by atoms with E-state index in [1.165, 1.54) is 6.07 Å². The summed E-state index contributed by atoms with van der Waals surface area (Å²) < 4.78 is 32.4. The van der Waals surface area contributed by atoms with Gasteiger partial charge in [0.1, 0.15) is 23.1 Å². The number of rotatable bonds is 7. The summed E-state index contributed by atoms with van der Waals surface area (Å²) in [5, 5.41) is 5.07. The molecule has 154 valence electrons. The summed E-state index contributed by atoms with van der Waals surface area (Å²) in [6.07, 6.45) is 0. The molecule has 0 bridgehead atoms. The first-order valence-electron chi connectivity index (χ1n) is 9.28. The second kappa shape index (κ2) is 9.65. The van der Waals surface area contributed by atoms with Crippen molar-refractivity contribution in [1.82, 2.24) is 10.6 Å². The van der Waals surface area contributed by atoms with E-state index in [9.17, 15) is 18.4 Å². The van der Waals surface area contributed by atoms with Crippen LogP contribution < -0.4 is 15.4 Å². The molecule has 0 aliphatic carbocycles. The second-order valence-corrected chi connectivity index (χ2v) is 6.58. The lowest BCUT2D eigenvalue weighted by atomic mass is 10.1. The Hall–Kier alpha value is -3.74. The van der Waals surface area contributed by atoms with Crippen molar-refractivity contribution < 1.29 is 23.1 Å². The number of carbonyl (C=O) groups is 2. The maximum Gasteiger partial charge on any atom is 0.251 e. The Morgan fingerprint density at radius 1 is 0.933 bits per heavy atom. The third kappa shape index (κ3) is 5.64. The fourth-order valence-corrected chi connectivity index (χ4v) is 2.78. The van der Waals surface area contributed by atoms with Crippen molar-refractivity contribution in [2.75, 3.05) is 6.54 Å². The zero-order valence-corrected chi connectivity index (χ0v) is 16.2. The van der Waals surface area contributed by atoms with Gasteiger partial charge in [-0.3, -0.25) is 9.59 Å². The van der Waals surface area contributed by atoms with Crippen LogP contribution in [0.15, 0.2) is 72.8 Å². The highest BCUT2D eigenvalue weighted by atomic mass is 19.1. The van der Waals surface area contributed by atoms with Gasteiger partial charge in [0.15, 0.2) is 0 Å². The summed E-state index contributed by atoms with van der Waals surface area (Å²) in [6.45, 7) is 1.29. The molecule has 3 aromatic rings. The van der Waals surface area contributed by atoms with Crippen molar-refractivity contribution >= 4 is 11.8 Å². The Kier molecular flexibility index (Phi) is 6.75. The van der Waals surface area contributed by atoms with Crippen LogP contribution in [0, 0.1) is 11.6 Å². The van der Waals surface area contributed by atoms with Gasteiger partial charge in [0.2, 0.25) is 5.91 Å². The van der Waals surface area contributed by atoms with E-state index in [-0.39, 0.29) is 12.1 Å². The first kappa shape index (κ1) is 21.0. The lowest BCUT2D eigenvalue weighted by molar-refractivity contribution is -0.120. The second-order valence-electron chi connectivity index (χ2n) is 6.58. The van der Waals surface area contributed by atoms with Gasteiger partial charge >= 0.3 is 0 Å². The van der Waals surface area contributed by atoms with Crippen molar-refractivity contribution in [2.24, 2.45) is 0 Å². The minimum absolute atomic E-state index is 0.157. The van der Waals surface area contributed by atoms with E-state index in [0.29, 0.717) is 17.1 Å². The summed E-state index contributed by atoms with van der Waals surface area (Å²) >= 11 is 0. The molecule has 7 heteroatoms. The Balaban J connectivity index is 1.50. The summed E-state index contributed by atoms with van der Waals surface area (Å²) in [6, 6.07) is 18.2. The maximum atomic E-state index is 13.8. The van der Waals surface area contributed by atoms with Gasteiger partial charge in [-0.05, 0) is 49.4 Å². The number of hydrogen-bond acceptors (Lipinski definition) is 3. The van der Waals surface area contributed by atoms with E-state index in [1.807, 2.05) is 30.3 Å². The molecule has 0 heterocycles. The van der Waals surface area contributed by atoms with Gasteiger partial charge < -0.3 is 15.4 Å². The monoisotopic (exact) mass is 410 g/mol. The van der Waals surface area contributed by atoms with E-state index in [4.69, 9.17) is 4.74 Å². The van der Waals surface area contributed by atoms with Gasteiger partial charge in [0.25, 0.3) is 5.91 Å². The van der Waals surface area contributed by atoms with Crippen LogP contribution in [0.5, 0.6) is 11.5 Å². The lowest BCUT2D eigenvalue weighted by Gasteiger charge is -2.15. The van der Waals surface area contributed by atoms with Gasteiger partial charge in [0, 0.05) is 17.2 Å². The van der Waals surface area contributed by atoms with Gasteiger partial charge in [-0.25, -0.2) is 8.78 Å². The van der Waals surface area contributed by atoms with Crippen LogP contribution in [-0.2, 0) is 4.79 Å². The topological polar surface area (TPSA) is 67.4 Å². The fraction of sp³-hybridized carbons (Fsp3) is 0.130. The van der Waals surface area contributed by atoms with Crippen LogP contribution in [0.4, 0.5) is 8.78 Å². The van der Waals surface area contributed by atoms with Gasteiger partial charge in [-0.1, -0.05) is 24.3 Å². The molecule has 0 spiro atoms. The maximum absolute atomic E-state index is 13.8. The Morgan fingerprint density at radius 2 is 1.60 bits per heavy atom. The highest BCUT2D eigenvalue weighted by Gasteiger charge is 2.15. The number of hydrogen-bond donors (Lipinski definition) is 2. The standard InChI is InChI=1S/C23H20F2N2O3/c1-15(20-12-9-17(24)13-21(20)25)27-22(28)14-26-23(29)16-7-10-19(11-8-16)30-18-5-3-2-4-6-18/h2-13,15H,14H2,1H3,(H,26,29)(H,27,28)/t15-/m0/s1. The molecule has 0 fully saturated rings. The quantitative estimate of drug-likeness (QED) is 0.608. The largest absolute Gasteiger partial charge is 0.457 e. The van der Waals surface area contributed by atoms with Crippen molar-refractivity contribution in [3.8, 4) is 11.5 Å². The van der Waals surface area contributed by atoms with Crippen molar-refractivity contribution in [2.45, 2.75) is 13.0 Å². The van der Waals surface area contributed by atoms with Crippen LogP contribution in [-0.4, -0.2) is 18.4 Å². The minimum Gasteiger partial charge on any atom is -0.457 e. The van der Waals surface area contributed by atoms with Crippen molar-refractivity contribution in [3.63, 3.8) is 0 Å². The average molecular weight is 410 g/mol. The Labute approximate surface area is 172 Å². The minimum atomic E-state index is -0.746. The molecular formula is C23H20F2N2O3. The number of para-hydroxylation sites is 1. The average Bonchev–Trinajstić information content (AvgIpc) is 2.73. The molecular weight excluding hydrogens is 390 g/mol. The number of halogens is 2. The van der Waals surface area contributed by atoms with Crippen LogP contribution in [0.2, 0.25) is 0 Å². The summed E-state index contributed by atoms with van der Waals surface area (Å²) in [7, 11) is 0. The third-order valence-corrected chi connectivity index (χ3v) is 4.31. The van der Waals surface area contributed by atoms with E-state index < -0.39 is 29.5 Å². The molecule has 2 amide bonds. The lowest BCUT2D eigenvalue weighted by Crippen LogP contribution is -2.38. The van der Waals surface area contributed by atoms with E-state index in [0.717, 1.165) is 12.1 Å². The van der Waals surface area contributed by atoms with Gasteiger partial charge in [-0.15, -0.1) is 0 Å². The molecule has 0 saturated carbocycles. The van der Waals surface area contributed by atoms with E-state index in [1.54, 1.807) is 31.2 Å². The summed E-state index contributed by atoms with van der Waals surface area (Å²) in [4.78, 5) is 24.3. The highest BCUT2D eigenvalue weighted by Crippen LogP contribution is 2.21. The Morgan fingerprint density at radius 3 is 2.27 bits per heavy atom. The molecule has 5 nitrogen and oxygen atoms in total. The Bertz CT molecular complexity index is 1020. The number of amides is 2. The molecule has 1 atom stereocenters. The van der Waals surface area contributed by atoms with Crippen LogP contribution in [0.1, 0.15) is 28.9 Å². The van der Waals surface area contributed by atoms with Crippen LogP contribution >= 0.6 is 0 Å². The molecule has 30 heavy (non-hydrogen) atoms. The summed E-state index contributed by atoms with van der Waals surface area (Å²) in [5.41, 5.74) is 0.519. The normalized spacial score (nSPS) is 11.4. The van der Waals surface area contributed by atoms with Crippen LogP contribution in [0.25, 0.3) is 0 Å². The van der Waals surface area contributed by atoms with Gasteiger partial charge in [0.05, 0.1) is 12.6 Å². The zero-order valence-electron chi connectivity index (χ0n) is 16.2. The van der Waals surface area contributed by atoms with Gasteiger partial charge in [-0.2, -0.15) is 0 Å². The molecule has 0 aliphatic rings. The SMILES string of the molecule is C[C@H](NC(=O)CNC(=O)c1ccc(Oc2ccccc2)cc1)c1ccc(F)cc1F. The molecule has 3 aromatic carbocycles. The zero-order chi connectivity index (χ0) is 21.5. The first-order valence-corrected chi connectivity index (χ1v) is 9.28. The van der Waals surface area contributed by atoms with E-state index >= 15 is 0 Å². The van der Waals surface area contributed by atoms with Crippen molar-refractivity contribution in [1.29, 1.82) is 0 Å². The molecule has 3 rings (SSSR count). The highest BCUT2D eigenvalue weighted by molar-refractivity contribution is 5.96. The molecule has 0 saturated heterocycles. The van der Waals surface area contributed by atoms with Crippen LogP contribution in [0.3, 0.4) is 0 Å². The predicted molar refractivity (Wildman–Crippen MR) is 108 cm³/mol. The predicted octanol–water partition coefficient (Wildman–Crippen LogP) is 4.36. The molecule has 0 radical (unpaired) electrons. The number of carbonyl (C=O) groups excluding carboxylic acids is 2. The molecule has 0 aliphatic heterocycles. The fourth-order valence-electron chi connectivity index (χ4n) is 2.78. The van der Waals surface area contributed by atoms with E-state index in [2.05, 4.69) is 10.6 Å². The number of nitrogens with one attached hydrogen (secondary N) is 2. The summed E-state index contributed by atoms with van der Waals surface area (Å²) in [5.74, 6) is -1.11. The molecule has 0 unspecified atom stereocenters. The smallest absolute Gasteiger partial charge is 0.251 e. The molecule has 0 aromatic heterocycles. The van der Waals surface area contributed by atoms with Crippen molar-refractivity contribution in [3.05, 3.63) is 95.6 Å². The third-order valence-electron chi connectivity index (χ3n) is 4.31. The first-order chi connectivity index (χ1) is 14.4.